The third-order valence-corrected chi connectivity index (χ3v) is 3.97. The maximum Gasteiger partial charge on any atom is 0.354 e. The van der Waals surface area contributed by atoms with Crippen molar-refractivity contribution in [1.82, 2.24) is 15.4 Å². The van der Waals surface area contributed by atoms with Crippen LogP contribution in [0.3, 0.4) is 0 Å². The highest BCUT2D eigenvalue weighted by Crippen LogP contribution is 2.28. The number of benzene rings is 2. The minimum absolute atomic E-state index is 0.00331. The van der Waals surface area contributed by atoms with Gasteiger partial charge >= 0.3 is 5.69 Å². The normalized spacial score (nSPS) is 10.2. The van der Waals surface area contributed by atoms with Crippen molar-refractivity contribution < 1.29 is 14.1 Å². The van der Waals surface area contributed by atoms with E-state index >= 15 is 0 Å². The van der Waals surface area contributed by atoms with Gasteiger partial charge in [-0.15, -0.1) is 0 Å². The van der Waals surface area contributed by atoms with Crippen molar-refractivity contribution in [1.29, 1.82) is 0 Å². The highest BCUT2D eigenvalue weighted by Gasteiger charge is 2.23. The molecule has 0 unspecified atom stereocenters. The van der Waals surface area contributed by atoms with E-state index in [1.165, 1.54) is 18.2 Å². The molecule has 0 aliphatic carbocycles. The standard InChI is InChI=1S/C19H17FN6O3/c20-15-9-5-4-8-14(15)19(27)25-24-18-16(26(28)29)17(22-12-23-18)21-11-10-13-6-2-1-3-7-13/h1-9,12H,10-11H2,(H,25,27)(H2,21,22,23,24). The van der Waals surface area contributed by atoms with Gasteiger partial charge in [-0.25, -0.2) is 14.4 Å². The molecule has 2 aromatic carbocycles. The Morgan fingerprint density at radius 1 is 1.03 bits per heavy atom. The number of hydrogen-bond acceptors (Lipinski definition) is 7. The summed E-state index contributed by atoms with van der Waals surface area (Å²) in [5, 5.41) is 14.4. The van der Waals surface area contributed by atoms with Crippen molar-refractivity contribution in [2.45, 2.75) is 6.42 Å². The molecule has 0 saturated heterocycles. The Hall–Kier alpha value is -4.08. The SMILES string of the molecule is O=C(NNc1ncnc(NCCc2ccccc2)c1[N+](=O)[O-])c1ccccc1F. The average molecular weight is 396 g/mol. The minimum Gasteiger partial charge on any atom is -0.364 e. The fraction of sp³-hybridized carbons (Fsp3) is 0.105. The molecule has 3 N–H and O–H groups in total. The Morgan fingerprint density at radius 2 is 1.72 bits per heavy atom. The van der Waals surface area contributed by atoms with Crippen LogP contribution in [0, 0.1) is 15.9 Å². The molecule has 3 aromatic rings. The number of carbonyl (C=O) groups excluding carboxylic acids is 1. The molecule has 10 heteroatoms. The molecule has 29 heavy (non-hydrogen) atoms. The summed E-state index contributed by atoms with van der Waals surface area (Å²) >= 11 is 0. The zero-order chi connectivity index (χ0) is 20.6. The third-order valence-electron chi connectivity index (χ3n) is 3.97. The van der Waals surface area contributed by atoms with E-state index < -0.39 is 22.3 Å². The molecule has 0 fully saturated rings. The van der Waals surface area contributed by atoms with Crippen LogP contribution < -0.4 is 16.2 Å². The van der Waals surface area contributed by atoms with Crippen LogP contribution in [0.1, 0.15) is 15.9 Å². The molecule has 0 aliphatic rings. The molecule has 1 heterocycles. The largest absolute Gasteiger partial charge is 0.364 e. The summed E-state index contributed by atoms with van der Waals surface area (Å²) in [5.74, 6) is -1.73. The predicted octanol–water partition coefficient (Wildman–Crippen LogP) is 2.94. The van der Waals surface area contributed by atoms with Crippen molar-refractivity contribution in [2.75, 3.05) is 17.3 Å². The molecule has 0 aliphatic heterocycles. The zero-order valence-corrected chi connectivity index (χ0v) is 15.1. The summed E-state index contributed by atoms with van der Waals surface area (Å²) in [6, 6.07) is 15.0. The Morgan fingerprint density at radius 3 is 2.45 bits per heavy atom. The van der Waals surface area contributed by atoms with Crippen molar-refractivity contribution in [2.24, 2.45) is 0 Å². The molecule has 0 spiro atoms. The summed E-state index contributed by atoms with van der Waals surface area (Å²) < 4.78 is 13.7. The van der Waals surface area contributed by atoms with E-state index in [2.05, 4.69) is 26.1 Å². The van der Waals surface area contributed by atoms with Gasteiger partial charge in [-0.2, -0.15) is 0 Å². The highest BCUT2D eigenvalue weighted by atomic mass is 19.1. The Balaban J connectivity index is 1.70. The van der Waals surface area contributed by atoms with Crippen LogP contribution in [0.5, 0.6) is 0 Å². The zero-order valence-electron chi connectivity index (χ0n) is 15.1. The first-order valence-corrected chi connectivity index (χ1v) is 8.64. The van der Waals surface area contributed by atoms with Crippen molar-refractivity contribution in [3.63, 3.8) is 0 Å². The number of hydrazine groups is 1. The average Bonchev–Trinajstić information content (AvgIpc) is 2.73. The maximum atomic E-state index is 13.7. The number of nitro groups is 1. The highest BCUT2D eigenvalue weighted by molar-refractivity contribution is 5.95. The van der Waals surface area contributed by atoms with Gasteiger partial charge in [0.05, 0.1) is 10.5 Å². The molecule has 0 bridgehead atoms. The summed E-state index contributed by atoms with van der Waals surface area (Å²) in [6.45, 7) is 0.406. The molecular formula is C19H17FN6O3. The number of carbonyl (C=O) groups is 1. The van der Waals surface area contributed by atoms with Crippen LogP contribution in [0.15, 0.2) is 60.9 Å². The fourth-order valence-electron chi connectivity index (χ4n) is 2.57. The van der Waals surface area contributed by atoms with Gasteiger partial charge in [0.15, 0.2) is 0 Å². The number of rotatable bonds is 8. The monoisotopic (exact) mass is 396 g/mol. The quantitative estimate of drug-likeness (QED) is 0.395. The molecule has 0 atom stereocenters. The van der Waals surface area contributed by atoms with E-state index in [1.807, 2.05) is 30.3 Å². The smallest absolute Gasteiger partial charge is 0.354 e. The molecular weight excluding hydrogens is 379 g/mol. The number of amides is 1. The van der Waals surface area contributed by atoms with Gasteiger partial charge in [0.25, 0.3) is 5.91 Å². The minimum atomic E-state index is -0.797. The summed E-state index contributed by atoms with van der Waals surface area (Å²) in [5.41, 5.74) is 4.99. The van der Waals surface area contributed by atoms with Gasteiger partial charge in [-0.3, -0.25) is 25.8 Å². The van der Waals surface area contributed by atoms with Gasteiger partial charge in [0, 0.05) is 6.54 Å². The van der Waals surface area contributed by atoms with Crippen LogP contribution in [0.2, 0.25) is 0 Å². The lowest BCUT2D eigenvalue weighted by Crippen LogP contribution is -2.31. The van der Waals surface area contributed by atoms with Gasteiger partial charge in [-0.05, 0) is 24.1 Å². The summed E-state index contributed by atoms with van der Waals surface area (Å²) in [6.07, 6.45) is 1.75. The molecule has 3 rings (SSSR count). The molecule has 1 amide bonds. The Kier molecular flexibility index (Phi) is 6.25. The molecule has 0 saturated carbocycles. The van der Waals surface area contributed by atoms with Crippen LogP contribution >= 0.6 is 0 Å². The lowest BCUT2D eigenvalue weighted by molar-refractivity contribution is -0.383. The van der Waals surface area contributed by atoms with Crippen molar-refractivity contribution in [3.8, 4) is 0 Å². The van der Waals surface area contributed by atoms with E-state index in [9.17, 15) is 19.3 Å². The molecule has 9 nitrogen and oxygen atoms in total. The summed E-state index contributed by atoms with van der Waals surface area (Å²) in [4.78, 5) is 30.7. The maximum absolute atomic E-state index is 13.7. The fourth-order valence-corrected chi connectivity index (χ4v) is 2.57. The van der Waals surface area contributed by atoms with E-state index in [4.69, 9.17) is 0 Å². The first kappa shape index (κ1) is 19.7. The van der Waals surface area contributed by atoms with Gasteiger partial charge in [-0.1, -0.05) is 42.5 Å². The Labute approximate surface area is 165 Å². The number of aromatic nitrogens is 2. The second kappa shape index (κ2) is 9.22. The van der Waals surface area contributed by atoms with Crippen LogP contribution in [0.25, 0.3) is 0 Å². The number of hydrogen-bond donors (Lipinski definition) is 3. The first-order valence-electron chi connectivity index (χ1n) is 8.64. The molecule has 1 aromatic heterocycles. The van der Waals surface area contributed by atoms with Crippen molar-refractivity contribution in [3.05, 3.63) is 88.0 Å². The van der Waals surface area contributed by atoms with E-state index in [-0.39, 0.29) is 17.2 Å². The van der Waals surface area contributed by atoms with Crippen molar-refractivity contribution >= 4 is 23.2 Å². The second-order valence-electron chi connectivity index (χ2n) is 5.90. The Bertz CT molecular complexity index is 1020. The third kappa shape index (κ3) is 5.01. The van der Waals surface area contributed by atoms with Gasteiger partial charge < -0.3 is 5.32 Å². The summed E-state index contributed by atoms with van der Waals surface area (Å²) in [7, 11) is 0. The van der Waals surface area contributed by atoms with Gasteiger partial charge in [0.2, 0.25) is 11.6 Å². The number of nitrogens with zero attached hydrogens (tertiary/aromatic N) is 3. The topological polar surface area (TPSA) is 122 Å². The van der Waals surface area contributed by atoms with E-state index in [0.717, 1.165) is 18.0 Å². The van der Waals surface area contributed by atoms with Crippen LogP contribution in [-0.4, -0.2) is 27.3 Å². The van der Waals surface area contributed by atoms with Crippen LogP contribution in [0.4, 0.5) is 21.7 Å². The second-order valence-corrected chi connectivity index (χ2v) is 5.90. The van der Waals surface area contributed by atoms with E-state index in [1.54, 1.807) is 0 Å². The number of halogens is 1. The van der Waals surface area contributed by atoms with E-state index in [0.29, 0.717) is 13.0 Å². The van der Waals surface area contributed by atoms with Crippen LogP contribution in [-0.2, 0) is 6.42 Å². The number of anilines is 2. The molecule has 148 valence electrons. The predicted molar refractivity (Wildman–Crippen MR) is 105 cm³/mol. The number of nitrogens with one attached hydrogen (secondary N) is 3. The lowest BCUT2D eigenvalue weighted by Gasteiger charge is -2.11. The molecule has 0 radical (unpaired) electrons. The first-order chi connectivity index (χ1) is 14.1. The van der Waals surface area contributed by atoms with Gasteiger partial charge in [0.1, 0.15) is 12.1 Å². The lowest BCUT2D eigenvalue weighted by atomic mass is 10.1.